The van der Waals surface area contributed by atoms with Crippen molar-refractivity contribution in [1.29, 1.82) is 0 Å². The highest BCUT2D eigenvalue weighted by Gasteiger charge is 2.36. The van der Waals surface area contributed by atoms with E-state index in [1.54, 1.807) is 0 Å². The van der Waals surface area contributed by atoms with Gasteiger partial charge in [0.1, 0.15) is 17.9 Å². The van der Waals surface area contributed by atoms with E-state index in [9.17, 15) is 31.4 Å². The van der Waals surface area contributed by atoms with Crippen LogP contribution in [0.3, 0.4) is 0 Å². The predicted octanol–water partition coefficient (Wildman–Crippen LogP) is 4.62. The number of hydrogen-bond acceptors (Lipinski definition) is 6. The van der Waals surface area contributed by atoms with Gasteiger partial charge in [-0.05, 0) is 31.5 Å². The van der Waals surface area contributed by atoms with Gasteiger partial charge in [-0.25, -0.2) is 4.98 Å². The van der Waals surface area contributed by atoms with Gasteiger partial charge in [0.15, 0.2) is 5.69 Å². The first-order valence-electron chi connectivity index (χ1n) is 8.47. The molecule has 0 amide bonds. The lowest BCUT2D eigenvalue weighted by atomic mass is 9.91. The summed E-state index contributed by atoms with van der Waals surface area (Å²) in [5.74, 6) is -1.23. The summed E-state index contributed by atoms with van der Waals surface area (Å²) in [6.07, 6.45) is -8.76. The third kappa shape index (κ3) is 5.28. The van der Waals surface area contributed by atoms with Gasteiger partial charge in [0.2, 0.25) is 0 Å². The van der Waals surface area contributed by atoms with E-state index in [0.717, 1.165) is 23.0 Å². The quantitative estimate of drug-likeness (QED) is 0.531. The standard InChI is InChI=1S/C17H14ClF6N5O2/c1-15(2,30)13(8-3-4-10(9(18)5-8)31-17(22,23)24)28-12-6-11(16(19,20)21)27-14-25-7-26-29(12)14/h3-7,13,28,30H,1-2H3/t13-/m0/s1. The SMILES string of the molecule is CC(C)(O)[C@@H](Nc1cc(C(F)(F)F)nc2ncnn12)c1ccc(OC(F)(F)F)c(Cl)c1. The number of nitrogens with zero attached hydrogens (tertiary/aromatic N) is 4. The zero-order valence-electron chi connectivity index (χ0n) is 15.8. The van der Waals surface area contributed by atoms with E-state index in [4.69, 9.17) is 11.6 Å². The Labute approximate surface area is 175 Å². The normalized spacial score (nSPS) is 14.0. The molecule has 1 atom stereocenters. The Balaban J connectivity index is 2.05. The first-order valence-corrected chi connectivity index (χ1v) is 8.85. The number of aliphatic hydroxyl groups is 1. The molecule has 3 rings (SSSR count). The molecule has 0 aliphatic rings. The van der Waals surface area contributed by atoms with Crippen LogP contribution < -0.4 is 10.1 Å². The van der Waals surface area contributed by atoms with Crippen molar-refractivity contribution in [2.24, 2.45) is 0 Å². The molecule has 14 heteroatoms. The van der Waals surface area contributed by atoms with Gasteiger partial charge in [-0.2, -0.15) is 27.8 Å². The van der Waals surface area contributed by atoms with Gasteiger partial charge >= 0.3 is 12.5 Å². The molecule has 1 aromatic carbocycles. The van der Waals surface area contributed by atoms with Crippen LogP contribution in [-0.4, -0.2) is 36.7 Å². The van der Waals surface area contributed by atoms with Crippen LogP contribution >= 0.6 is 11.6 Å². The summed E-state index contributed by atoms with van der Waals surface area (Å²) in [5, 5.41) is 16.7. The summed E-state index contributed by atoms with van der Waals surface area (Å²) in [7, 11) is 0. The van der Waals surface area contributed by atoms with E-state index in [-0.39, 0.29) is 17.2 Å². The number of ether oxygens (including phenoxy) is 1. The number of rotatable bonds is 5. The minimum Gasteiger partial charge on any atom is -0.404 e. The largest absolute Gasteiger partial charge is 0.573 e. The second-order valence-corrected chi connectivity index (χ2v) is 7.37. The van der Waals surface area contributed by atoms with E-state index in [1.807, 2.05) is 0 Å². The zero-order valence-corrected chi connectivity index (χ0v) is 16.5. The highest BCUT2D eigenvalue weighted by Crippen LogP contribution is 2.37. The van der Waals surface area contributed by atoms with Gasteiger partial charge in [-0.15, -0.1) is 13.2 Å². The maximum absolute atomic E-state index is 13.2. The van der Waals surface area contributed by atoms with Crippen molar-refractivity contribution in [3.63, 3.8) is 0 Å². The van der Waals surface area contributed by atoms with E-state index >= 15 is 0 Å². The average molecular weight is 470 g/mol. The van der Waals surface area contributed by atoms with Crippen LogP contribution in [0.15, 0.2) is 30.6 Å². The highest BCUT2D eigenvalue weighted by molar-refractivity contribution is 6.32. The molecule has 0 aliphatic heterocycles. The summed E-state index contributed by atoms with van der Waals surface area (Å²) in [6, 6.07) is 2.77. The summed E-state index contributed by atoms with van der Waals surface area (Å²) in [4.78, 5) is 7.04. The fraction of sp³-hybridized carbons (Fsp3) is 0.353. The number of aromatic nitrogens is 4. The number of hydrogen-bond donors (Lipinski definition) is 2. The molecular formula is C17H14ClF6N5O2. The molecule has 0 saturated carbocycles. The molecule has 0 radical (unpaired) electrons. The van der Waals surface area contributed by atoms with E-state index in [0.29, 0.717) is 6.07 Å². The molecule has 0 fully saturated rings. The monoisotopic (exact) mass is 469 g/mol. The predicted molar refractivity (Wildman–Crippen MR) is 96.6 cm³/mol. The molecule has 2 heterocycles. The number of anilines is 1. The smallest absolute Gasteiger partial charge is 0.404 e. The number of halogens is 7. The third-order valence-corrected chi connectivity index (χ3v) is 4.35. The van der Waals surface area contributed by atoms with Crippen molar-refractivity contribution < 1.29 is 36.2 Å². The molecule has 168 valence electrons. The maximum atomic E-state index is 13.2. The van der Waals surface area contributed by atoms with Crippen LogP contribution in [0.4, 0.5) is 32.2 Å². The summed E-state index contributed by atoms with van der Waals surface area (Å²) in [5.41, 5.74) is -2.69. The van der Waals surface area contributed by atoms with Crippen molar-refractivity contribution in [2.75, 3.05) is 5.32 Å². The van der Waals surface area contributed by atoms with E-state index < -0.39 is 40.6 Å². The van der Waals surface area contributed by atoms with Crippen molar-refractivity contribution in [2.45, 2.75) is 38.0 Å². The summed E-state index contributed by atoms with van der Waals surface area (Å²) >= 11 is 5.87. The maximum Gasteiger partial charge on any atom is 0.573 e. The van der Waals surface area contributed by atoms with Crippen molar-refractivity contribution >= 4 is 23.2 Å². The molecule has 31 heavy (non-hydrogen) atoms. The van der Waals surface area contributed by atoms with E-state index in [1.165, 1.54) is 19.9 Å². The molecule has 0 saturated heterocycles. The number of nitrogens with one attached hydrogen (secondary N) is 1. The highest BCUT2D eigenvalue weighted by atomic mass is 35.5. The number of alkyl halides is 6. The first-order chi connectivity index (χ1) is 14.1. The third-order valence-electron chi connectivity index (χ3n) is 4.06. The van der Waals surface area contributed by atoms with Crippen LogP contribution in [0, 0.1) is 0 Å². The lowest BCUT2D eigenvalue weighted by molar-refractivity contribution is -0.274. The van der Waals surface area contributed by atoms with E-state index in [2.05, 4.69) is 25.1 Å². The van der Waals surface area contributed by atoms with Gasteiger partial charge in [0.05, 0.1) is 16.7 Å². The van der Waals surface area contributed by atoms with Crippen LogP contribution in [0.5, 0.6) is 5.75 Å². The molecule has 0 spiro atoms. The fourth-order valence-corrected chi connectivity index (χ4v) is 3.01. The Morgan fingerprint density at radius 1 is 1.13 bits per heavy atom. The molecule has 0 bridgehead atoms. The Bertz CT molecular complexity index is 1090. The van der Waals surface area contributed by atoms with Crippen LogP contribution in [0.25, 0.3) is 5.78 Å². The molecule has 7 nitrogen and oxygen atoms in total. The Morgan fingerprint density at radius 3 is 2.35 bits per heavy atom. The first kappa shape index (κ1) is 22.9. The second-order valence-electron chi connectivity index (χ2n) is 6.96. The van der Waals surface area contributed by atoms with Gasteiger partial charge in [0.25, 0.3) is 5.78 Å². The average Bonchev–Trinajstić information content (AvgIpc) is 3.07. The Kier molecular flexibility index (Phi) is 5.69. The summed E-state index contributed by atoms with van der Waals surface area (Å²) in [6.45, 7) is 2.70. The lowest BCUT2D eigenvalue weighted by Gasteiger charge is -2.32. The van der Waals surface area contributed by atoms with Crippen LogP contribution in [0.2, 0.25) is 5.02 Å². The molecule has 2 aromatic heterocycles. The summed E-state index contributed by atoms with van der Waals surface area (Å²) < 4.78 is 81.8. The van der Waals surface area contributed by atoms with Gasteiger partial charge in [0, 0.05) is 6.07 Å². The van der Waals surface area contributed by atoms with Crippen LogP contribution in [-0.2, 0) is 6.18 Å². The Morgan fingerprint density at radius 2 is 1.81 bits per heavy atom. The number of benzene rings is 1. The van der Waals surface area contributed by atoms with Crippen molar-refractivity contribution in [1.82, 2.24) is 19.6 Å². The topological polar surface area (TPSA) is 84.6 Å². The molecule has 2 N–H and O–H groups in total. The zero-order chi connectivity index (χ0) is 23.2. The molecule has 0 unspecified atom stereocenters. The minimum atomic E-state index is -4.97. The van der Waals surface area contributed by atoms with Crippen molar-refractivity contribution in [3.05, 3.63) is 46.9 Å². The molecular weight excluding hydrogens is 456 g/mol. The number of fused-ring (bicyclic) bond motifs is 1. The Hall–Kier alpha value is -2.80. The van der Waals surface area contributed by atoms with Crippen LogP contribution in [0.1, 0.15) is 31.1 Å². The van der Waals surface area contributed by atoms with Gasteiger partial charge < -0.3 is 15.2 Å². The minimum absolute atomic E-state index is 0.172. The molecule has 0 aliphatic carbocycles. The van der Waals surface area contributed by atoms with Crippen molar-refractivity contribution in [3.8, 4) is 5.75 Å². The second kappa shape index (κ2) is 7.71. The lowest BCUT2D eigenvalue weighted by Crippen LogP contribution is -2.35. The fourth-order valence-electron chi connectivity index (χ4n) is 2.78. The van der Waals surface area contributed by atoms with Gasteiger partial charge in [-0.3, -0.25) is 0 Å². The van der Waals surface area contributed by atoms with Gasteiger partial charge in [-0.1, -0.05) is 17.7 Å². The molecule has 3 aromatic rings.